The Balaban J connectivity index is 2.22. The van der Waals surface area contributed by atoms with E-state index in [9.17, 15) is 26.7 Å². The lowest BCUT2D eigenvalue weighted by Gasteiger charge is -2.20. The fourth-order valence-electron chi connectivity index (χ4n) is 2.47. The molecule has 0 amide bonds. The predicted octanol–water partition coefficient (Wildman–Crippen LogP) is 3.07. The molecular weight excluding hydrogens is 297 g/mol. The first-order chi connectivity index (χ1) is 9.82. The van der Waals surface area contributed by atoms with Gasteiger partial charge in [-0.2, -0.15) is 0 Å². The Kier molecular flexibility index (Phi) is 4.34. The fraction of sp³-hybridized carbons (Fsp3) is 0.462. The largest absolute Gasteiger partial charge is 0.481 e. The number of hydrogen-bond donors (Lipinski definition) is 1. The van der Waals surface area contributed by atoms with E-state index >= 15 is 0 Å². The van der Waals surface area contributed by atoms with Gasteiger partial charge in [0.2, 0.25) is 5.82 Å². The molecule has 1 aliphatic rings. The third kappa shape index (κ3) is 2.93. The van der Waals surface area contributed by atoms with Gasteiger partial charge in [0.25, 0.3) is 0 Å². The van der Waals surface area contributed by atoms with E-state index in [0.717, 1.165) is 4.90 Å². The van der Waals surface area contributed by atoms with Crippen molar-refractivity contribution in [2.24, 2.45) is 5.92 Å². The minimum Gasteiger partial charge on any atom is -0.481 e. The third-order valence-electron chi connectivity index (χ3n) is 3.56. The molecule has 1 atom stereocenters. The number of carbonyl (C=O) groups is 1. The number of hydrogen-bond acceptors (Lipinski definition) is 2. The minimum atomic E-state index is -2.18. The highest BCUT2D eigenvalue weighted by atomic mass is 19.2. The highest BCUT2D eigenvalue weighted by Gasteiger charge is 2.32. The molecule has 3 nitrogen and oxygen atoms in total. The van der Waals surface area contributed by atoms with Crippen molar-refractivity contribution in [1.82, 2.24) is 0 Å². The molecule has 1 heterocycles. The van der Waals surface area contributed by atoms with Crippen molar-refractivity contribution in [2.75, 3.05) is 18.0 Å². The zero-order valence-electron chi connectivity index (χ0n) is 10.8. The van der Waals surface area contributed by atoms with Crippen LogP contribution in [0, 0.1) is 35.0 Å². The van der Waals surface area contributed by atoms with Gasteiger partial charge in [0.15, 0.2) is 23.3 Å². The topological polar surface area (TPSA) is 40.5 Å². The average molecular weight is 309 g/mol. The number of nitrogens with zero attached hydrogens (tertiary/aromatic N) is 1. The summed E-state index contributed by atoms with van der Waals surface area (Å²) < 4.78 is 66.5. The van der Waals surface area contributed by atoms with E-state index in [1.165, 1.54) is 0 Å². The first kappa shape index (κ1) is 15.5. The molecule has 0 aromatic heterocycles. The van der Waals surface area contributed by atoms with Crippen LogP contribution in [-0.2, 0) is 4.79 Å². The Morgan fingerprint density at radius 3 is 2.10 bits per heavy atom. The number of carboxylic acid groups (broad SMARTS) is 1. The maximum Gasteiger partial charge on any atom is 0.303 e. The number of benzene rings is 1. The Bertz CT molecular complexity index is 549. The van der Waals surface area contributed by atoms with Crippen LogP contribution in [0.1, 0.15) is 19.3 Å². The Morgan fingerprint density at radius 1 is 1.05 bits per heavy atom. The van der Waals surface area contributed by atoms with E-state index in [-0.39, 0.29) is 25.4 Å². The van der Waals surface area contributed by atoms with Crippen LogP contribution < -0.4 is 4.90 Å². The zero-order valence-corrected chi connectivity index (χ0v) is 10.8. The van der Waals surface area contributed by atoms with Gasteiger partial charge in [-0.05, 0) is 18.8 Å². The summed E-state index contributed by atoms with van der Waals surface area (Å²) in [5.41, 5.74) is -0.941. The molecule has 21 heavy (non-hydrogen) atoms. The predicted molar refractivity (Wildman–Crippen MR) is 63.4 cm³/mol. The lowest BCUT2D eigenvalue weighted by atomic mass is 10.0. The average Bonchev–Trinajstić information content (AvgIpc) is 2.89. The van der Waals surface area contributed by atoms with Gasteiger partial charge in [0.05, 0.1) is 0 Å². The molecular formula is C13H12F5NO2. The highest BCUT2D eigenvalue weighted by molar-refractivity contribution is 5.66. The number of rotatable bonds is 4. The van der Waals surface area contributed by atoms with Gasteiger partial charge in [0.1, 0.15) is 5.69 Å². The zero-order chi connectivity index (χ0) is 15.7. The normalized spacial score (nSPS) is 18.3. The monoisotopic (exact) mass is 309 g/mol. The van der Waals surface area contributed by atoms with Gasteiger partial charge in [-0.1, -0.05) is 0 Å². The SMILES string of the molecule is O=C(O)CCC1CCN(c2c(F)c(F)c(F)c(F)c2F)C1. The molecule has 1 aliphatic heterocycles. The Hall–Kier alpha value is -1.86. The maximum atomic E-state index is 13.6. The second-order valence-electron chi connectivity index (χ2n) is 4.95. The van der Waals surface area contributed by atoms with Crippen LogP contribution >= 0.6 is 0 Å². The smallest absolute Gasteiger partial charge is 0.303 e. The molecule has 0 aliphatic carbocycles. The molecule has 1 aromatic rings. The van der Waals surface area contributed by atoms with Crippen molar-refractivity contribution in [3.63, 3.8) is 0 Å². The summed E-state index contributed by atoms with van der Waals surface area (Å²) in [6.07, 6.45) is 0.629. The lowest BCUT2D eigenvalue weighted by molar-refractivity contribution is -0.137. The van der Waals surface area contributed by atoms with Gasteiger partial charge in [-0.3, -0.25) is 4.79 Å². The quantitative estimate of drug-likeness (QED) is 0.528. The standard InChI is InChI=1S/C13H12F5NO2/c14-8-9(15)11(17)13(12(18)10(8)16)19-4-3-6(5-19)1-2-7(20)21/h6H,1-5H2,(H,20,21). The van der Waals surface area contributed by atoms with Crippen molar-refractivity contribution in [1.29, 1.82) is 0 Å². The summed E-state index contributed by atoms with van der Waals surface area (Å²) in [5.74, 6) is -11.0. The molecule has 0 radical (unpaired) electrons. The maximum absolute atomic E-state index is 13.6. The molecule has 1 saturated heterocycles. The molecule has 0 bridgehead atoms. The Morgan fingerprint density at radius 2 is 1.57 bits per heavy atom. The van der Waals surface area contributed by atoms with Crippen molar-refractivity contribution in [3.8, 4) is 0 Å². The van der Waals surface area contributed by atoms with E-state index in [4.69, 9.17) is 5.11 Å². The first-order valence-electron chi connectivity index (χ1n) is 6.31. The van der Waals surface area contributed by atoms with E-state index in [2.05, 4.69) is 0 Å². The summed E-state index contributed by atoms with van der Waals surface area (Å²) in [4.78, 5) is 11.5. The van der Waals surface area contributed by atoms with Gasteiger partial charge >= 0.3 is 5.97 Å². The fourth-order valence-corrected chi connectivity index (χ4v) is 2.47. The molecule has 2 rings (SSSR count). The van der Waals surface area contributed by atoms with Gasteiger partial charge < -0.3 is 10.0 Å². The van der Waals surface area contributed by atoms with Crippen LogP contribution in [0.4, 0.5) is 27.6 Å². The van der Waals surface area contributed by atoms with Crippen LogP contribution in [0.15, 0.2) is 0 Å². The third-order valence-corrected chi connectivity index (χ3v) is 3.56. The second kappa shape index (κ2) is 5.87. The van der Waals surface area contributed by atoms with Gasteiger partial charge in [-0.25, -0.2) is 22.0 Å². The van der Waals surface area contributed by atoms with Crippen molar-refractivity contribution < 1.29 is 31.9 Å². The highest BCUT2D eigenvalue weighted by Crippen LogP contribution is 2.34. The number of carboxylic acids is 1. The molecule has 0 spiro atoms. The van der Waals surface area contributed by atoms with E-state index < -0.39 is 40.7 Å². The Labute approximate surface area is 117 Å². The van der Waals surface area contributed by atoms with Crippen molar-refractivity contribution in [3.05, 3.63) is 29.1 Å². The minimum absolute atomic E-state index is 0.0611. The number of anilines is 1. The van der Waals surface area contributed by atoms with Crippen LogP contribution in [-0.4, -0.2) is 24.2 Å². The summed E-state index contributed by atoms with van der Waals surface area (Å²) in [6, 6.07) is 0. The summed E-state index contributed by atoms with van der Waals surface area (Å²) in [6.45, 7) is 0.175. The van der Waals surface area contributed by atoms with Crippen LogP contribution in [0.25, 0.3) is 0 Å². The van der Waals surface area contributed by atoms with E-state index in [1.54, 1.807) is 0 Å². The molecule has 0 saturated carbocycles. The number of aliphatic carboxylic acids is 1. The molecule has 1 N–H and O–H groups in total. The molecule has 8 heteroatoms. The van der Waals surface area contributed by atoms with Crippen molar-refractivity contribution in [2.45, 2.75) is 19.3 Å². The van der Waals surface area contributed by atoms with E-state index in [0.29, 0.717) is 12.8 Å². The second-order valence-corrected chi connectivity index (χ2v) is 4.95. The van der Waals surface area contributed by atoms with Crippen molar-refractivity contribution >= 4 is 11.7 Å². The summed E-state index contributed by atoms with van der Waals surface area (Å²) in [5, 5.41) is 8.57. The van der Waals surface area contributed by atoms with Crippen LogP contribution in [0.2, 0.25) is 0 Å². The van der Waals surface area contributed by atoms with E-state index in [1.807, 2.05) is 0 Å². The van der Waals surface area contributed by atoms with Crippen LogP contribution in [0.3, 0.4) is 0 Å². The molecule has 1 aromatic carbocycles. The molecule has 1 fully saturated rings. The molecule has 116 valence electrons. The summed E-state index contributed by atoms with van der Waals surface area (Å²) >= 11 is 0. The number of halogens is 5. The summed E-state index contributed by atoms with van der Waals surface area (Å²) in [7, 11) is 0. The molecule has 1 unspecified atom stereocenters. The first-order valence-corrected chi connectivity index (χ1v) is 6.31. The van der Waals surface area contributed by atoms with Gasteiger partial charge in [-0.15, -0.1) is 0 Å². The lowest BCUT2D eigenvalue weighted by Crippen LogP contribution is -2.24. The van der Waals surface area contributed by atoms with Crippen LogP contribution in [0.5, 0.6) is 0 Å². The van der Waals surface area contributed by atoms with Gasteiger partial charge in [0, 0.05) is 19.5 Å².